The van der Waals surface area contributed by atoms with Crippen LogP contribution in [0.5, 0.6) is 0 Å². The summed E-state index contributed by atoms with van der Waals surface area (Å²) in [5.74, 6) is 0.912. The molecular formula is C10H22N3Si. The number of nitrogens with one attached hydrogen (secondary N) is 2. The van der Waals surface area contributed by atoms with Gasteiger partial charge in [-0.1, -0.05) is 6.04 Å². The van der Waals surface area contributed by atoms with Crippen LogP contribution in [0.1, 0.15) is 34.1 Å². The summed E-state index contributed by atoms with van der Waals surface area (Å²) in [6, 6.07) is 1.84. The summed E-state index contributed by atoms with van der Waals surface area (Å²) < 4.78 is 0. The van der Waals surface area contributed by atoms with E-state index >= 15 is 0 Å². The van der Waals surface area contributed by atoms with Crippen molar-refractivity contribution in [3.8, 4) is 0 Å². The Labute approximate surface area is 91.2 Å². The zero-order valence-corrected chi connectivity index (χ0v) is 10.7. The number of guanidine groups is 1. The number of hydrogen-bond donors (Lipinski definition) is 2. The molecule has 14 heavy (non-hydrogen) atoms. The number of hydrogen-bond acceptors (Lipinski definition) is 1. The Kier molecular flexibility index (Phi) is 7.56. The van der Waals surface area contributed by atoms with Crippen molar-refractivity contribution in [3.63, 3.8) is 0 Å². The minimum absolute atomic E-state index is 0.420. The molecule has 0 aliphatic carbocycles. The van der Waals surface area contributed by atoms with Gasteiger partial charge < -0.3 is 10.6 Å². The van der Waals surface area contributed by atoms with E-state index in [4.69, 9.17) is 0 Å². The Morgan fingerprint density at radius 1 is 1.14 bits per heavy atom. The van der Waals surface area contributed by atoms with Crippen molar-refractivity contribution in [1.29, 1.82) is 0 Å². The summed E-state index contributed by atoms with van der Waals surface area (Å²) in [6.07, 6.45) is 1.07. The van der Waals surface area contributed by atoms with Crippen LogP contribution in [-0.2, 0) is 0 Å². The van der Waals surface area contributed by atoms with Crippen molar-refractivity contribution >= 4 is 16.2 Å². The first kappa shape index (κ1) is 13.5. The highest BCUT2D eigenvalue weighted by molar-refractivity contribution is 6.08. The van der Waals surface area contributed by atoms with Crippen molar-refractivity contribution in [3.05, 3.63) is 0 Å². The van der Waals surface area contributed by atoms with E-state index in [2.05, 4.69) is 53.6 Å². The second-order valence-electron chi connectivity index (χ2n) is 3.93. The molecule has 0 aromatic heterocycles. The Balaban J connectivity index is 4.01. The van der Waals surface area contributed by atoms with E-state index in [1.165, 1.54) is 0 Å². The lowest BCUT2D eigenvalue weighted by atomic mass is 10.4. The van der Waals surface area contributed by atoms with Crippen LogP contribution < -0.4 is 10.6 Å². The molecular weight excluding hydrogens is 190 g/mol. The van der Waals surface area contributed by atoms with E-state index in [0.29, 0.717) is 12.1 Å². The zero-order chi connectivity index (χ0) is 11.0. The molecule has 0 spiro atoms. The van der Waals surface area contributed by atoms with Gasteiger partial charge in [-0.05, 0) is 34.1 Å². The van der Waals surface area contributed by atoms with Crippen LogP contribution in [0.3, 0.4) is 0 Å². The van der Waals surface area contributed by atoms with Gasteiger partial charge in [0.1, 0.15) is 0 Å². The van der Waals surface area contributed by atoms with Crippen LogP contribution in [0.4, 0.5) is 0 Å². The van der Waals surface area contributed by atoms with E-state index in [0.717, 1.165) is 25.0 Å². The molecule has 4 heteroatoms. The second kappa shape index (κ2) is 7.85. The molecule has 0 aromatic carbocycles. The van der Waals surface area contributed by atoms with Crippen LogP contribution >= 0.6 is 0 Å². The topological polar surface area (TPSA) is 36.4 Å². The van der Waals surface area contributed by atoms with E-state index in [1.54, 1.807) is 0 Å². The van der Waals surface area contributed by atoms with Crippen molar-refractivity contribution in [1.82, 2.24) is 10.6 Å². The van der Waals surface area contributed by atoms with Gasteiger partial charge in [-0.3, -0.25) is 4.99 Å². The third kappa shape index (κ3) is 8.10. The quantitative estimate of drug-likeness (QED) is 0.312. The SMILES string of the molecule is CC(C)NC(=NCCC[Si])NC(C)C. The number of nitrogens with zero attached hydrogens (tertiary/aromatic N) is 1. The summed E-state index contributed by atoms with van der Waals surface area (Å²) in [4.78, 5) is 4.46. The van der Waals surface area contributed by atoms with Crippen LogP contribution in [0.2, 0.25) is 6.04 Å². The molecule has 0 aliphatic rings. The molecule has 3 radical (unpaired) electrons. The highest BCUT2D eigenvalue weighted by Gasteiger charge is 2.01. The third-order valence-electron chi connectivity index (χ3n) is 1.46. The van der Waals surface area contributed by atoms with E-state index < -0.39 is 0 Å². The average Bonchev–Trinajstić information content (AvgIpc) is 2.02. The van der Waals surface area contributed by atoms with Gasteiger partial charge in [0.25, 0.3) is 0 Å². The van der Waals surface area contributed by atoms with Crippen LogP contribution in [0.15, 0.2) is 4.99 Å². The summed E-state index contributed by atoms with van der Waals surface area (Å²) in [7, 11) is 3.44. The fraction of sp³-hybridized carbons (Fsp3) is 0.900. The largest absolute Gasteiger partial charge is 0.354 e. The Hall–Kier alpha value is -0.513. The zero-order valence-electron chi connectivity index (χ0n) is 9.72. The van der Waals surface area contributed by atoms with Crippen molar-refractivity contribution in [2.45, 2.75) is 52.2 Å². The predicted molar refractivity (Wildman–Crippen MR) is 64.0 cm³/mol. The van der Waals surface area contributed by atoms with Crippen molar-refractivity contribution in [2.75, 3.05) is 6.54 Å². The summed E-state index contributed by atoms with van der Waals surface area (Å²) >= 11 is 0. The lowest BCUT2D eigenvalue weighted by Gasteiger charge is -2.17. The average molecular weight is 212 g/mol. The molecule has 0 unspecified atom stereocenters. The molecule has 0 saturated carbocycles. The van der Waals surface area contributed by atoms with E-state index in [1.807, 2.05) is 0 Å². The molecule has 81 valence electrons. The van der Waals surface area contributed by atoms with Crippen molar-refractivity contribution in [2.24, 2.45) is 4.99 Å². The standard InChI is InChI=1S/C10H22N3Si/c1-8(2)12-10(13-9(3)4)11-6-5-7-14/h8-9H,5-7H2,1-4H3,(H2,11,12,13). The van der Waals surface area contributed by atoms with E-state index in [-0.39, 0.29) is 0 Å². The smallest absolute Gasteiger partial charge is 0.191 e. The minimum Gasteiger partial charge on any atom is -0.354 e. The molecule has 0 aliphatic heterocycles. The third-order valence-corrected chi connectivity index (χ3v) is 1.81. The molecule has 0 heterocycles. The Morgan fingerprint density at radius 3 is 2.00 bits per heavy atom. The molecule has 0 rings (SSSR count). The molecule has 0 fully saturated rings. The predicted octanol–water partition coefficient (Wildman–Crippen LogP) is 1.32. The normalized spacial score (nSPS) is 10.5. The van der Waals surface area contributed by atoms with Gasteiger partial charge in [0.15, 0.2) is 5.96 Å². The van der Waals surface area contributed by atoms with Crippen molar-refractivity contribution < 1.29 is 0 Å². The maximum absolute atomic E-state index is 4.46. The van der Waals surface area contributed by atoms with E-state index in [9.17, 15) is 0 Å². The van der Waals surface area contributed by atoms with Gasteiger partial charge in [0, 0.05) is 28.9 Å². The molecule has 0 aromatic rings. The van der Waals surface area contributed by atoms with Gasteiger partial charge in [-0.25, -0.2) is 0 Å². The summed E-state index contributed by atoms with van der Waals surface area (Å²) in [5, 5.41) is 6.59. The van der Waals surface area contributed by atoms with Gasteiger partial charge in [-0.2, -0.15) is 0 Å². The second-order valence-corrected chi connectivity index (χ2v) is 4.43. The van der Waals surface area contributed by atoms with Gasteiger partial charge in [0.2, 0.25) is 0 Å². The van der Waals surface area contributed by atoms with Crippen LogP contribution in [0, 0.1) is 0 Å². The van der Waals surface area contributed by atoms with Crippen LogP contribution in [-0.4, -0.2) is 34.8 Å². The molecule has 2 N–H and O–H groups in total. The number of rotatable bonds is 5. The van der Waals surface area contributed by atoms with Gasteiger partial charge >= 0.3 is 0 Å². The minimum atomic E-state index is 0.420. The fourth-order valence-electron chi connectivity index (χ4n) is 0.950. The summed E-state index contributed by atoms with van der Waals surface area (Å²) in [5.41, 5.74) is 0. The monoisotopic (exact) mass is 212 g/mol. The lowest BCUT2D eigenvalue weighted by Crippen LogP contribution is -2.44. The molecule has 0 bridgehead atoms. The molecule has 0 amide bonds. The molecule has 3 nitrogen and oxygen atoms in total. The first-order chi connectivity index (χ1) is 6.56. The first-order valence-corrected chi connectivity index (χ1v) is 5.99. The Bertz CT molecular complexity index is 155. The number of aliphatic imine (C=N–C) groups is 1. The Morgan fingerprint density at radius 2 is 1.64 bits per heavy atom. The highest BCUT2D eigenvalue weighted by Crippen LogP contribution is 1.88. The first-order valence-electron chi connectivity index (χ1n) is 5.28. The lowest BCUT2D eigenvalue weighted by molar-refractivity contribution is 0.654. The van der Waals surface area contributed by atoms with Crippen LogP contribution in [0.25, 0.3) is 0 Å². The van der Waals surface area contributed by atoms with Gasteiger partial charge in [-0.15, -0.1) is 0 Å². The maximum atomic E-state index is 4.46. The molecule has 0 saturated heterocycles. The van der Waals surface area contributed by atoms with Gasteiger partial charge in [0.05, 0.1) is 0 Å². The summed E-state index contributed by atoms with van der Waals surface area (Å²) in [6.45, 7) is 9.31. The molecule has 0 atom stereocenters. The highest BCUT2D eigenvalue weighted by atomic mass is 28.1. The fourth-order valence-corrected chi connectivity index (χ4v) is 1.11. The maximum Gasteiger partial charge on any atom is 0.191 e.